The number of benzene rings is 1. The lowest BCUT2D eigenvalue weighted by atomic mass is 10.1. The van der Waals surface area contributed by atoms with E-state index in [4.69, 9.17) is 11.6 Å². The molecule has 5 nitrogen and oxygen atoms in total. The fraction of sp³-hybridized carbons (Fsp3) is 0.462. The number of halogens is 2. The van der Waals surface area contributed by atoms with Gasteiger partial charge in [0, 0.05) is 18.5 Å². The SMILES string of the molecule is O=C(NCCCCCCCl)c1ccc([N+](=O)[O-])cc1F. The standard InChI is InChI=1S/C13H16ClFN2O3/c14-7-3-1-2-4-8-16-13(18)11-6-5-10(17(19)20)9-12(11)15/h5-6,9H,1-4,7-8H2,(H,16,18). The van der Waals surface area contributed by atoms with E-state index in [0.717, 1.165) is 43.9 Å². The Balaban J connectivity index is 2.45. The number of rotatable bonds is 8. The number of nitrogens with one attached hydrogen (secondary N) is 1. The van der Waals surface area contributed by atoms with Crippen molar-refractivity contribution in [3.8, 4) is 0 Å². The Labute approximate surface area is 121 Å². The first kappa shape index (κ1) is 16.4. The Bertz CT molecular complexity index is 483. The lowest BCUT2D eigenvalue weighted by Crippen LogP contribution is -2.25. The number of hydrogen-bond acceptors (Lipinski definition) is 3. The average Bonchev–Trinajstić information content (AvgIpc) is 2.42. The third kappa shape index (κ3) is 5.13. The monoisotopic (exact) mass is 302 g/mol. The highest BCUT2D eigenvalue weighted by molar-refractivity contribution is 6.17. The number of amides is 1. The van der Waals surface area contributed by atoms with E-state index in [1.807, 2.05) is 0 Å². The van der Waals surface area contributed by atoms with Crippen LogP contribution in [-0.4, -0.2) is 23.3 Å². The molecule has 1 aromatic rings. The van der Waals surface area contributed by atoms with Crippen LogP contribution in [0.5, 0.6) is 0 Å². The van der Waals surface area contributed by atoms with Crippen LogP contribution in [0.2, 0.25) is 0 Å². The summed E-state index contributed by atoms with van der Waals surface area (Å²) in [4.78, 5) is 21.4. The van der Waals surface area contributed by atoms with Gasteiger partial charge in [0.25, 0.3) is 11.6 Å². The molecule has 0 aliphatic rings. The van der Waals surface area contributed by atoms with Crippen molar-refractivity contribution in [1.82, 2.24) is 5.32 Å². The van der Waals surface area contributed by atoms with Crippen LogP contribution >= 0.6 is 11.6 Å². The van der Waals surface area contributed by atoms with Gasteiger partial charge in [0.2, 0.25) is 0 Å². The first-order valence-corrected chi connectivity index (χ1v) is 6.88. The topological polar surface area (TPSA) is 72.2 Å². The minimum absolute atomic E-state index is 0.184. The fourth-order valence-corrected chi connectivity index (χ4v) is 1.86. The number of carbonyl (C=O) groups is 1. The molecule has 1 aromatic carbocycles. The van der Waals surface area contributed by atoms with Crippen LogP contribution in [0, 0.1) is 15.9 Å². The molecule has 1 rings (SSSR count). The lowest BCUT2D eigenvalue weighted by molar-refractivity contribution is -0.385. The maximum absolute atomic E-state index is 13.6. The quantitative estimate of drug-likeness (QED) is 0.347. The van der Waals surface area contributed by atoms with Crippen molar-refractivity contribution in [2.24, 2.45) is 0 Å². The predicted octanol–water partition coefficient (Wildman–Crippen LogP) is 3.26. The summed E-state index contributed by atoms with van der Waals surface area (Å²) in [6.07, 6.45) is 3.66. The van der Waals surface area contributed by atoms with Gasteiger partial charge in [-0.3, -0.25) is 14.9 Å². The molecule has 0 atom stereocenters. The van der Waals surface area contributed by atoms with Gasteiger partial charge in [-0.15, -0.1) is 11.6 Å². The summed E-state index contributed by atoms with van der Waals surface area (Å²) < 4.78 is 13.6. The molecule has 0 bridgehead atoms. The van der Waals surface area contributed by atoms with E-state index in [1.165, 1.54) is 0 Å². The van der Waals surface area contributed by atoms with Crippen LogP contribution in [0.3, 0.4) is 0 Å². The first-order valence-electron chi connectivity index (χ1n) is 6.34. The first-order chi connectivity index (χ1) is 9.56. The summed E-state index contributed by atoms with van der Waals surface area (Å²) in [5, 5.41) is 13.0. The molecule has 110 valence electrons. The van der Waals surface area contributed by atoms with Gasteiger partial charge in [0.05, 0.1) is 16.6 Å². The van der Waals surface area contributed by atoms with Crippen LogP contribution in [0.15, 0.2) is 18.2 Å². The third-order valence-electron chi connectivity index (χ3n) is 2.75. The Morgan fingerprint density at radius 1 is 1.30 bits per heavy atom. The maximum Gasteiger partial charge on any atom is 0.272 e. The van der Waals surface area contributed by atoms with E-state index in [-0.39, 0.29) is 11.3 Å². The highest BCUT2D eigenvalue weighted by Crippen LogP contribution is 2.16. The summed E-state index contributed by atoms with van der Waals surface area (Å²) in [6, 6.07) is 2.98. The zero-order valence-corrected chi connectivity index (χ0v) is 11.7. The van der Waals surface area contributed by atoms with Crippen molar-refractivity contribution >= 4 is 23.2 Å². The summed E-state index contributed by atoms with van der Waals surface area (Å²) >= 11 is 5.54. The zero-order chi connectivity index (χ0) is 15.0. The summed E-state index contributed by atoms with van der Waals surface area (Å²) in [6.45, 7) is 0.442. The molecule has 0 aliphatic heterocycles. The molecule has 1 N–H and O–H groups in total. The molecular formula is C13H16ClFN2O3. The van der Waals surface area contributed by atoms with Crippen LogP contribution in [0.1, 0.15) is 36.0 Å². The summed E-state index contributed by atoms with van der Waals surface area (Å²) in [5.41, 5.74) is -0.559. The van der Waals surface area contributed by atoms with Gasteiger partial charge >= 0.3 is 0 Å². The van der Waals surface area contributed by atoms with Crippen molar-refractivity contribution in [3.63, 3.8) is 0 Å². The fourth-order valence-electron chi connectivity index (χ4n) is 1.67. The van der Waals surface area contributed by atoms with Gasteiger partial charge in [-0.1, -0.05) is 12.8 Å². The Morgan fingerprint density at radius 3 is 2.60 bits per heavy atom. The second-order valence-corrected chi connectivity index (χ2v) is 4.66. The number of alkyl halides is 1. The molecule has 20 heavy (non-hydrogen) atoms. The van der Waals surface area contributed by atoms with E-state index in [1.54, 1.807) is 0 Å². The Morgan fingerprint density at radius 2 is 2.00 bits per heavy atom. The average molecular weight is 303 g/mol. The molecule has 0 saturated heterocycles. The molecule has 1 amide bonds. The Hall–Kier alpha value is -1.69. The summed E-state index contributed by atoms with van der Waals surface area (Å²) in [7, 11) is 0. The smallest absolute Gasteiger partial charge is 0.272 e. The van der Waals surface area contributed by atoms with Crippen molar-refractivity contribution in [1.29, 1.82) is 0 Å². The molecule has 0 radical (unpaired) electrons. The number of non-ortho nitro benzene ring substituents is 1. The van der Waals surface area contributed by atoms with Crippen molar-refractivity contribution in [2.45, 2.75) is 25.7 Å². The van der Waals surface area contributed by atoms with E-state index >= 15 is 0 Å². The van der Waals surface area contributed by atoms with Gasteiger partial charge < -0.3 is 5.32 Å². The maximum atomic E-state index is 13.6. The number of unbranched alkanes of at least 4 members (excludes halogenated alkanes) is 3. The molecule has 0 heterocycles. The second kappa shape index (κ2) is 8.47. The van der Waals surface area contributed by atoms with Gasteiger partial charge in [-0.05, 0) is 18.9 Å². The number of hydrogen-bond donors (Lipinski definition) is 1. The van der Waals surface area contributed by atoms with Crippen LogP contribution < -0.4 is 5.32 Å². The predicted molar refractivity (Wildman–Crippen MR) is 74.6 cm³/mol. The van der Waals surface area contributed by atoms with Gasteiger partial charge in [-0.2, -0.15) is 0 Å². The third-order valence-corrected chi connectivity index (χ3v) is 3.02. The number of carbonyl (C=O) groups excluding carboxylic acids is 1. The van der Waals surface area contributed by atoms with Gasteiger partial charge in [0.1, 0.15) is 5.82 Å². The molecule has 0 fully saturated rings. The molecular weight excluding hydrogens is 287 g/mol. The molecule has 0 saturated carbocycles. The molecule has 0 aromatic heterocycles. The second-order valence-electron chi connectivity index (χ2n) is 4.28. The number of nitrogens with zero attached hydrogens (tertiary/aromatic N) is 1. The summed E-state index contributed by atoms with van der Waals surface area (Å²) in [5.74, 6) is -0.825. The molecule has 7 heteroatoms. The highest BCUT2D eigenvalue weighted by atomic mass is 35.5. The zero-order valence-electron chi connectivity index (χ0n) is 10.9. The van der Waals surface area contributed by atoms with E-state index in [2.05, 4.69) is 5.32 Å². The van der Waals surface area contributed by atoms with Crippen LogP contribution in [0.25, 0.3) is 0 Å². The molecule has 0 aliphatic carbocycles. The minimum Gasteiger partial charge on any atom is -0.352 e. The largest absolute Gasteiger partial charge is 0.352 e. The van der Waals surface area contributed by atoms with E-state index < -0.39 is 16.6 Å². The lowest BCUT2D eigenvalue weighted by Gasteiger charge is -2.06. The van der Waals surface area contributed by atoms with Crippen molar-refractivity contribution in [3.05, 3.63) is 39.7 Å². The van der Waals surface area contributed by atoms with E-state index in [0.29, 0.717) is 12.4 Å². The normalized spacial score (nSPS) is 10.3. The highest BCUT2D eigenvalue weighted by Gasteiger charge is 2.15. The Kier molecular flexibility index (Phi) is 6.93. The van der Waals surface area contributed by atoms with Crippen molar-refractivity contribution in [2.75, 3.05) is 12.4 Å². The van der Waals surface area contributed by atoms with Gasteiger partial charge in [-0.25, -0.2) is 4.39 Å². The molecule has 0 spiro atoms. The van der Waals surface area contributed by atoms with E-state index in [9.17, 15) is 19.3 Å². The number of nitro benzene ring substituents is 1. The van der Waals surface area contributed by atoms with Crippen molar-refractivity contribution < 1.29 is 14.1 Å². The number of nitro groups is 1. The van der Waals surface area contributed by atoms with Crippen LogP contribution in [0.4, 0.5) is 10.1 Å². The van der Waals surface area contributed by atoms with Crippen LogP contribution in [-0.2, 0) is 0 Å². The van der Waals surface area contributed by atoms with Gasteiger partial charge in [0.15, 0.2) is 0 Å². The molecule has 0 unspecified atom stereocenters. The minimum atomic E-state index is -0.890.